The maximum Gasteiger partial charge on any atom is 0.308 e. The van der Waals surface area contributed by atoms with Gasteiger partial charge in [0.05, 0.1) is 10.8 Å². The molecule has 2 heterocycles. The number of pyridine rings is 1. The molecule has 0 aliphatic rings. The van der Waals surface area contributed by atoms with Crippen molar-refractivity contribution in [3.63, 3.8) is 0 Å². The molecule has 0 aliphatic carbocycles. The number of carboxylic acid groups (broad SMARTS) is 1. The van der Waals surface area contributed by atoms with E-state index >= 15 is 0 Å². The van der Waals surface area contributed by atoms with Gasteiger partial charge in [-0.1, -0.05) is 6.07 Å². The first-order chi connectivity index (χ1) is 9.99. The van der Waals surface area contributed by atoms with Crippen molar-refractivity contribution in [2.45, 2.75) is 11.3 Å². The second-order valence-electron chi connectivity index (χ2n) is 4.37. The molecule has 2 rings (SSSR count). The minimum atomic E-state index is -3.66. The molecule has 8 heteroatoms. The minimum Gasteiger partial charge on any atom is -0.481 e. The molecule has 0 radical (unpaired) electrons. The molecule has 1 atom stereocenters. The van der Waals surface area contributed by atoms with Gasteiger partial charge in [-0.25, -0.2) is 13.1 Å². The van der Waals surface area contributed by atoms with E-state index in [9.17, 15) is 18.3 Å². The van der Waals surface area contributed by atoms with Crippen molar-refractivity contribution < 1.29 is 18.3 Å². The number of hydrogen-bond acceptors (Lipinski definition) is 5. The quantitative estimate of drug-likeness (QED) is 0.801. The molecule has 112 valence electrons. The van der Waals surface area contributed by atoms with Gasteiger partial charge in [0.15, 0.2) is 0 Å². The van der Waals surface area contributed by atoms with Crippen LogP contribution in [0.4, 0.5) is 0 Å². The molecule has 0 bridgehead atoms. The van der Waals surface area contributed by atoms with E-state index in [1.165, 1.54) is 22.8 Å². The summed E-state index contributed by atoms with van der Waals surface area (Å²) in [5, 5.41) is 12.3. The Hall–Kier alpha value is -1.77. The first-order valence-corrected chi connectivity index (χ1v) is 8.56. The summed E-state index contributed by atoms with van der Waals surface area (Å²) in [6.07, 6.45) is 1.74. The van der Waals surface area contributed by atoms with Gasteiger partial charge in [0.1, 0.15) is 0 Å². The Labute approximate surface area is 126 Å². The molecule has 0 aromatic carbocycles. The number of carboxylic acids is 1. The molecule has 0 fully saturated rings. The maximum atomic E-state index is 12.0. The van der Waals surface area contributed by atoms with Crippen LogP contribution in [0.15, 0.2) is 46.1 Å². The number of aliphatic carboxylic acids is 1. The predicted molar refractivity (Wildman–Crippen MR) is 78.6 cm³/mol. The summed E-state index contributed by atoms with van der Waals surface area (Å²) in [7, 11) is -3.66. The summed E-state index contributed by atoms with van der Waals surface area (Å²) in [6, 6.07) is 6.68. The molecule has 0 saturated heterocycles. The summed E-state index contributed by atoms with van der Waals surface area (Å²) in [4.78, 5) is 15.5. The third-order valence-corrected chi connectivity index (χ3v) is 5.11. The van der Waals surface area contributed by atoms with Crippen LogP contribution in [0.1, 0.15) is 5.69 Å². The smallest absolute Gasteiger partial charge is 0.308 e. The van der Waals surface area contributed by atoms with E-state index < -0.39 is 21.9 Å². The zero-order valence-electron chi connectivity index (χ0n) is 11.0. The fourth-order valence-corrected chi connectivity index (χ4v) is 3.83. The van der Waals surface area contributed by atoms with Crippen molar-refractivity contribution in [1.82, 2.24) is 9.71 Å². The largest absolute Gasteiger partial charge is 0.481 e. The molecule has 0 spiro atoms. The Morgan fingerprint density at radius 3 is 2.76 bits per heavy atom. The van der Waals surface area contributed by atoms with Crippen LogP contribution < -0.4 is 4.72 Å². The van der Waals surface area contributed by atoms with Crippen molar-refractivity contribution in [3.05, 3.63) is 46.9 Å². The van der Waals surface area contributed by atoms with Crippen LogP contribution in [0.3, 0.4) is 0 Å². The monoisotopic (exact) mass is 326 g/mol. The zero-order valence-corrected chi connectivity index (χ0v) is 12.6. The van der Waals surface area contributed by atoms with Gasteiger partial charge in [-0.15, -0.1) is 0 Å². The zero-order chi connectivity index (χ0) is 15.3. The fourth-order valence-electron chi connectivity index (χ4n) is 1.72. The average molecular weight is 326 g/mol. The summed E-state index contributed by atoms with van der Waals surface area (Å²) in [5.74, 6) is -1.93. The van der Waals surface area contributed by atoms with Gasteiger partial charge in [-0.2, -0.15) is 11.3 Å². The van der Waals surface area contributed by atoms with E-state index in [4.69, 9.17) is 0 Å². The molecule has 1 unspecified atom stereocenters. The van der Waals surface area contributed by atoms with Crippen LogP contribution in [0.25, 0.3) is 0 Å². The molecule has 6 nitrogen and oxygen atoms in total. The van der Waals surface area contributed by atoms with Crippen LogP contribution in [0.5, 0.6) is 0 Å². The van der Waals surface area contributed by atoms with E-state index in [1.54, 1.807) is 29.8 Å². The summed E-state index contributed by atoms with van der Waals surface area (Å²) in [5.41, 5.74) is 0.611. The van der Waals surface area contributed by atoms with Crippen LogP contribution in [-0.4, -0.2) is 31.0 Å². The van der Waals surface area contributed by atoms with Gasteiger partial charge >= 0.3 is 5.97 Å². The molecule has 0 aliphatic heterocycles. The number of thiophene rings is 1. The highest BCUT2D eigenvalue weighted by Gasteiger charge is 2.22. The first-order valence-electron chi connectivity index (χ1n) is 6.13. The lowest BCUT2D eigenvalue weighted by Gasteiger charge is -2.12. The predicted octanol–water partition coefficient (Wildman–Crippen LogP) is 1.36. The topological polar surface area (TPSA) is 96.4 Å². The van der Waals surface area contributed by atoms with Gasteiger partial charge < -0.3 is 5.11 Å². The number of nitrogens with one attached hydrogen (secondary N) is 1. The Kier molecular flexibility index (Phi) is 5.05. The maximum absolute atomic E-state index is 12.0. The lowest BCUT2D eigenvalue weighted by atomic mass is 10.0. The van der Waals surface area contributed by atoms with Crippen LogP contribution >= 0.6 is 11.3 Å². The Morgan fingerprint density at radius 2 is 2.19 bits per heavy atom. The van der Waals surface area contributed by atoms with Gasteiger partial charge in [-0.05, 0) is 23.6 Å². The minimum absolute atomic E-state index is 0.148. The summed E-state index contributed by atoms with van der Waals surface area (Å²) < 4.78 is 26.3. The first kappa shape index (κ1) is 15.6. The van der Waals surface area contributed by atoms with Gasteiger partial charge in [0.2, 0.25) is 10.0 Å². The molecule has 21 heavy (non-hydrogen) atoms. The molecule has 0 amide bonds. The molecule has 2 N–H and O–H groups in total. The van der Waals surface area contributed by atoms with Crippen molar-refractivity contribution in [3.8, 4) is 0 Å². The van der Waals surface area contributed by atoms with Crippen LogP contribution in [0, 0.1) is 5.92 Å². The Bertz CT molecular complexity index is 684. The molecule has 0 saturated carbocycles. The van der Waals surface area contributed by atoms with Crippen LogP contribution in [-0.2, 0) is 21.2 Å². The van der Waals surface area contributed by atoms with Gasteiger partial charge in [0, 0.05) is 30.2 Å². The highest BCUT2D eigenvalue weighted by atomic mass is 32.2. The van der Waals surface area contributed by atoms with Gasteiger partial charge in [0.25, 0.3) is 0 Å². The lowest BCUT2D eigenvalue weighted by Crippen LogP contribution is -2.34. The van der Waals surface area contributed by atoms with Crippen molar-refractivity contribution >= 4 is 27.3 Å². The standard InChI is InChI=1S/C13H14N2O4S2/c16-13(17)10(7-11-3-1-2-5-14-11)8-15-21(18,19)12-4-6-20-9-12/h1-6,9-10,15H,7-8H2,(H,16,17). The number of nitrogens with zero attached hydrogens (tertiary/aromatic N) is 1. The number of sulfonamides is 1. The number of carbonyl (C=O) groups is 1. The fraction of sp³-hybridized carbons (Fsp3) is 0.231. The third kappa shape index (κ3) is 4.35. The Balaban J connectivity index is 2.03. The number of aromatic nitrogens is 1. The molecular formula is C13H14N2O4S2. The molecular weight excluding hydrogens is 312 g/mol. The third-order valence-electron chi connectivity index (χ3n) is 2.86. The number of rotatable bonds is 7. The normalized spacial score (nSPS) is 13.0. The van der Waals surface area contributed by atoms with E-state index in [2.05, 4.69) is 9.71 Å². The SMILES string of the molecule is O=C(O)C(CNS(=O)(=O)c1ccsc1)Cc1ccccn1. The van der Waals surface area contributed by atoms with Crippen LogP contribution in [0.2, 0.25) is 0 Å². The molecule has 2 aromatic rings. The van der Waals surface area contributed by atoms with Gasteiger partial charge in [-0.3, -0.25) is 9.78 Å². The lowest BCUT2D eigenvalue weighted by molar-refractivity contribution is -0.141. The van der Waals surface area contributed by atoms with E-state index in [0.717, 1.165) is 0 Å². The second-order valence-corrected chi connectivity index (χ2v) is 6.92. The van der Waals surface area contributed by atoms with E-state index in [1.807, 2.05) is 0 Å². The van der Waals surface area contributed by atoms with E-state index in [0.29, 0.717) is 5.69 Å². The van der Waals surface area contributed by atoms with Crippen molar-refractivity contribution in [1.29, 1.82) is 0 Å². The average Bonchev–Trinajstić information content (AvgIpc) is 2.99. The van der Waals surface area contributed by atoms with Crippen molar-refractivity contribution in [2.75, 3.05) is 6.54 Å². The summed E-state index contributed by atoms with van der Waals surface area (Å²) in [6.45, 7) is -0.177. The Morgan fingerprint density at radius 1 is 1.38 bits per heavy atom. The highest BCUT2D eigenvalue weighted by Crippen LogP contribution is 2.13. The second kappa shape index (κ2) is 6.79. The molecule has 2 aromatic heterocycles. The van der Waals surface area contributed by atoms with E-state index in [-0.39, 0.29) is 17.9 Å². The van der Waals surface area contributed by atoms with Crippen molar-refractivity contribution in [2.24, 2.45) is 5.92 Å². The highest BCUT2D eigenvalue weighted by molar-refractivity contribution is 7.89. The summed E-state index contributed by atoms with van der Waals surface area (Å²) >= 11 is 1.26. The number of hydrogen-bond donors (Lipinski definition) is 2.